The Morgan fingerprint density at radius 3 is 2.91 bits per heavy atom. The Labute approximate surface area is 66.2 Å². The molecule has 1 aliphatic rings. The third kappa shape index (κ3) is 3.03. The van der Waals surface area contributed by atoms with Gasteiger partial charge in [-0.2, -0.15) is 0 Å². The lowest BCUT2D eigenvalue weighted by molar-refractivity contribution is -0.131. The maximum atomic E-state index is 10.1. The first kappa shape index (κ1) is 8.05. The van der Waals surface area contributed by atoms with Crippen molar-refractivity contribution >= 4 is 5.97 Å². The number of carboxylic acids is 1. The molecule has 0 spiro atoms. The van der Waals surface area contributed by atoms with Crippen LogP contribution in [0.2, 0.25) is 0 Å². The molecule has 0 radical (unpaired) electrons. The fourth-order valence-corrected chi connectivity index (χ4v) is 1.19. The lowest BCUT2D eigenvalue weighted by atomic mass is 9.99. The SMILES string of the molecule is O=C(O)C=CC1=CCCCC1. The van der Waals surface area contributed by atoms with Crippen LogP contribution >= 0.6 is 0 Å². The third-order valence-corrected chi connectivity index (χ3v) is 1.77. The lowest BCUT2D eigenvalue weighted by Gasteiger charge is -2.07. The minimum Gasteiger partial charge on any atom is -0.478 e. The number of aliphatic carboxylic acids is 1. The van der Waals surface area contributed by atoms with E-state index in [2.05, 4.69) is 6.08 Å². The molecule has 60 valence electrons. The van der Waals surface area contributed by atoms with Gasteiger partial charge < -0.3 is 5.11 Å². The van der Waals surface area contributed by atoms with Crippen LogP contribution in [0.5, 0.6) is 0 Å². The van der Waals surface area contributed by atoms with Crippen LogP contribution in [0, 0.1) is 0 Å². The summed E-state index contributed by atoms with van der Waals surface area (Å²) >= 11 is 0. The van der Waals surface area contributed by atoms with E-state index in [4.69, 9.17) is 5.11 Å². The minimum absolute atomic E-state index is 0.864. The predicted molar refractivity (Wildman–Crippen MR) is 43.3 cm³/mol. The summed E-state index contributed by atoms with van der Waals surface area (Å²) in [6.45, 7) is 0. The van der Waals surface area contributed by atoms with Crippen LogP contribution in [0.25, 0.3) is 0 Å². The zero-order valence-corrected chi connectivity index (χ0v) is 6.42. The number of carboxylic acid groups (broad SMARTS) is 1. The largest absolute Gasteiger partial charge is 0.478 e. The molecule has 0 unspecified atom stereocenters. The van der Waals surface area contributed by atoms with Crippen LogP contribution in [-0.2, 0) is 4.79 Å². The van der Waals surface area contributed by atoms with E-state index >= 15 is 0 Å². The van der Waals surface area contributed by atoms with Crippen molar-refractivity contribution in [2.75, 3.05) is 0 Å². The highest BCUT2D eigenvalue weighted by Gasteiger charge is 1.99. The van der Waals surface area contributed by atoms with Gasteiger partial charge in [-0.1, -0.05) is 17.7 Å². The van der Waals surface area contributed by atoms with Gasteiger partial charge in [0.05, 0.1) is 0 Å². The number of allylic oxidation sites excluding steroid dienone is 3. The van der Waals surface area contributed by atoms with Crippen molar-refractivity contribution < 1.29 is 9.90 Å². The van der Waals surface area contributed by atoms with Gasteiger partial charge in [-0.3, -0.25) is 0 Å². The molecule has 0 aliphatic heterocycles. The predicted octanol–water partition coefficient (Wildman–Crippen LogP) is 2.13. The van der Waals surface area contributed by atoms with Gasteiger partial charge in [-0.15, -0.1) is 0 Å². The molecule has 0 aromatic carbocycles. The Morgan fingerprint density at radius 2 is 2.36 bits per heavy atom. The summed E-state index contributed by atoms with van der Waals surface area (Å²) in [5.41, 5.74) is 1.17. The molecule has 0 saturated carbocycles. The van der Waals surface area contributed by atoms with Crippen molar-refractivity contribution in [1.29, 1.82) is 0 Å². The molecule has 0 atom stereocenters. The highest BCUT2D eigenvalue weighted by atomic mass is 16.4. The van der Waals surface area contributed by atoms with Crippen LogP contribution < -0.4 is 0 Å². The van der Waals surface area contributed by atoms with Crippen LogP contribution in [0.3, 0.4) is 0 Å². The molecule has 1 rings (SSSR count). The summed E-state index contributed by atoms with van der Waals surface area (Å²) in [5, 5.41) is 8.33. The molecule has 2 nitrogen and oxygen atoms in total. The maximum Gasteiger partial charge on any atom is 0.328 e. The summed E-state index contributed by atoms with van der Waals surface area (Å²) in [6, 6.07) is 0. The number of rotatable bonds is 2. The average Bonchev–Trinajstić information content (AvgIpc) is 2.03. The van der Waals surface area contributed by atoms with Gasteiger partial charge >= 0.3 is 5.97 Å². The summed E-state index contributed by atoms with van der Waals surface area (Å²) in [6.07, 6.45) is 9.57. The fourth-order valence-electron chi connectivity index (χ4n) is 1.19. The quantitative estimate of drug-likeness (QED) is 0.615. The first-order valence-electron chi connectivity index (χ1n) is 3.89. The molecule has 0 aromatic heterocycles. The Bertz CT molecular complexity index is 202. The van der Waals surface area contributed by atoms with Crippen LogP contribution in [-0.4, -0.2) is 11.1 Å². The molecule has 1 N–H and O–H groups in total. The first-order chi connectivity index (χ1) is 5.29. The molecular formula is C9H12O2. The highest BCUT2D eigenvalue weighted by Crippen LogP contribution is 2.17. The highest BCUT2D eigenvalue weighted by molar-refractivity contribution is 5.80. The minimum atomic E-state index is -0.864. The van der Waals surface area contributed by atoms with Gasteiger partial charge in [0.25, 0.3) is 0 Å². The molecule has 1 aliphatic carbocycles. The second kappa shape index (κ2) is 3.96. The van der Waals surface area contributed by atoms with E-state index in [1.54, 1.807) is 6.08 Å². The topological polar surface area (TPSA) is 37.3 Å². The van der Waals surface area contributed by atoms with Crippen molar-refractivity contribution in [3.05, 3.63) is 23.8 Å². The van der Waals surface area contributed by atoms with E-state index in [1.165, 1.54) is 24.5 Å². The molecule has 11 heavy (non-hydrogen) atoms. The maximum absolute atomic E-state index is 10.1. The Morgan fingerprint density at radius 1 is 1.55 bits per heavy atom. The molecule has 0 aromatic rings. The molecule has 2 heteroatoms. The van der Waals surface area contributed by atoms with E-state index in [9.17, 15) is 4.79 Å². The molecule has 0 fully saturated rings. The lowest BCUT2D eigenvalue weighted by Crippen LogP contribution is -1.91. The van der Waals surface area contributed by atoms with E-state index in [-0.39, 0.29) is 0 Å². The summed E-state index contributed by atoms with van der Waals surface area (Å²) in [5.74, 6) is -0.864. The zero-order chi connectivity index (χ0) is 8.10. The van der Waals surface area contributed by atoms with Crippen molar-refractivity contribution in [2.45, 2.75) is 25.7 Å². The smallest absolute Gasteiger partial charge is 0.328 e. The van der Waals surface area contributed by atoms with Crippen molar-refractivity contribution in [2.24, 2.45) is 0 Å². The van der Waals surface area contributed by atoms with Gasteiger partial charge in [-0.25, -0.2) is 4.79 Å². The molecule has 0 bridgehead atoms. The molecule has 0 saturated heterocycles. The number of carbonyl (C=O) groups is 1. The monoisotopic (exact) mass is 152 g/mol. The molecular weight excluding hydrogens is 140 g/mol. The van der Waals surface area contributed by atoms with Crippen LogP contribution in [0.1, 0.15) is 25.7 Å². The average molecular weight is 152 g/mol. The normalized spacial score (nSPS) is 18.4. The second-order valence-electron chi connectivity index (χ2n) is 2.70. The first-order valence-corrected chi connectivity index (χ1v) is 3.89. The van der Waals surface area contributed by atoms with E-state index in [0.717, 1.165) is 12.8 Å². The standard InChI is InChI=1S/C9H12O2/c10-9(11)7-6-8-4-2-1-3-5-8/h4,6-7H,1-3,5H2,(H,10,11). The Hall–Kier alpha value is -1.05. The van der Waals surface area contributed by atoms with Gasteiger partial charge in [0.1, 0.15) is 0 Å². The third-order valence-electron chi connectivity index (χ3n) is 1.77. The van der Waals surface area contributed by atoms with E-state index < -0.39 is 5.97 Å². The van der Waals surface area contributed by atoms with Gasteiger partial charge in [0.15, 0.2) is 0 Å². The number of hydrogen-bond acceptors (Lipinski definition) is 1. The molecule has 0 amide bonds. The van der Waals surface area contributed by atoms with Crippen molar-refractivity contribution in [1.82, 2.24) is 0 Å². The van der Waals surface area contributed by atoms with Gasteiger partial charge in [0, 0.05) is 6.08 Å². The van der Waals surface area contributed by atoms with Crippen molar-refractivity contribution in [3.8, 4) is 0 Å². The van der Waals surface area contributed by atoms with Crippen molar-refractivity contribution in [3.63, 3.8) is 0 Å². The van der Waals surface area contributed by atoms with E-state index in [1.807, 2.05) is 0 Å². The summed E-state index contributed by atoms with van der Waals surface area (Å²) < 4.78 is 0. The van der Waals surface area contributed by atoms with E-state index in [0.29, 0.717) is 0 Å². The second-order valence-corrected chi connectivity index (χ2v) is 2.70. The fraction of sp³-hybridized carbons (Fsp3) is 0.444. The van der Waals surface area contributed by atoms with Gasteiger partial charge in [0.2, 0.25) is 0 Å². The van der Waals surface area contributed by atoms with Crippen LogP contribution in [0.15, 0.2) is 23.8 Å². The number of hydrogen-bond donors (Lipinski definition) is 1. The summed E-state index contributed by atoms with van der Waals surface area (Å²) in [7, 11) is 0. The molecule has 0 heterocycles. The van der Waals surface area contributed by atoms with Gasteiger partial charge in [-0.05, 0) is 25.7 Å². The summed E-state index contributed by atoms with van der Waals surface area (Å²) in [4.78, 5) is 10.1. The Balaban J connectivity index is 2.47. The Kier molecular flexibility index (Phi) is 2.90. The zero-order valence-electron chi connectivity index (χ0n) is 6.42. The van der Waals surface area contributed by atoms with Crippen LogP contribution in [0.4, 0.5) is 0 Å².